The average Bonchev–Trinajstić information content (AvgIpc) is 2.60. The third kappa shape index (κ3) is 5.09. The van der Waals surface area contributed by atoms with Crippen LogP contribution in [0.4, 0.5) is 0 Å². The van der Waals surface area contributed by atoms with E-state index in [1.807, 2.05) is 13.8 Å². The lowest BCUT2D eigenvalue weighted by Gasteiger charge is -2.17. The van der Waals surface area contributed by atoms with E-state index in [0.717, 1.165) is 11.8 Å². The molecule has 1 N–H and O–H groups in total. The maximum atomic E-state index is 12.8. The second-order valence-corrected chi connectivity index (χ2v) is 10.5. The van der Waals surface area contributed by atoms with E-state index in [0.29, 0.717) is 11.3 Å². The smallest absolute Gasteiger partial charge is 0.241 e. The molecule has 0 aliphatic carbocycles. The van der Waals surface area contributed by atoms with Gasteiger partial charge in [0.1, 0.15) is 5.75 Å². The molecule has 8 heteroatoms. The van der Waals surface area contributed by atoms with Gasteiger partial charge in [0.15, 0.2) is 9.84 Å². The summed E-state index contributed by atoms with van der Waals surface area (Å²) in [6.45, 7) is 5.64. The molecule has 0 saturated carbocycles. The van der Waals surface area contributed by atoms with E-state index in [-0.39, 0.29) is 15.7 Å². The molecule has 0 amide bonds. The minimum atomic E-state index is -3.75. The summed E-state index contributed by atoms with van der Waals surface area (Å²) in [6, 6.07) is 10.4. The van der Waals surface area contributed by atoms with E-state index < -0.39 is 25.9 Å². The molecule has 0 bridgehead atoms. The number of ether oxygens (including phenoxy) is 1. The Morgan fingerprint density at radius 3 is 1.93 bits per heavy atom. The fraction of sp³-hybridized carbons (Fsp3) is 0.368. The Balaban J connectivity index is 2.29. The zero-order valence-corrected chi connectivity index (χ0v) is 17.7. The Morgan fingerprint density at radius 2 is 1.44 bits per heavy atom. The highest BCUT2D eigenvalue weighted by Crippen LogP contribution is 2.29. The number of hydrogen-bond acceptors (Lipinski definition) is 5. The zero-order valence-electron chi connectivity index (χ0n) is 16.1. The van der Waals surface area contributed by atoms with Gasteiger partial charge in [-0.05, 0) is 54.3 Å². The van der Waals surface area contributed by atoms with Crippen LogP contribution >= 0.6 is 0 Å². The van der Waals surface area contributed by atoms with Crippen molar-refractivity contribution in [1.82, 2.24) is 4.72 Å². The predicted molar refractivity (Wildman–Crippen MR) is 105 cm³/mol. The van der Waals surface area contributed by atoms with Crippen LogP contribution in [0.5, 0.6) is 5.75 Å². The summed E-state index contributed by atoms with van der Waals surface area (Å²) >= 11 is 0. The van der Waals surface area contributed by atoms with Crippen LogP contribution in [0, 0.1) is 0 Å². The molecule has 148 valence electrons. The quantitative estimate of drug-likeness (QED) is 0.755. The highest BCUT2D eigenvalue weighted by molar-refractivity contribution is 7.90. The maximum absolute atomic E-state index is 12.8. The average molecular weight is 412 g/mol. The van der Waals surface area contributed by atoms with Gasteiger partial charge in [-0.25, -0.2) is 21.6 Å². The molecule has 0 aromatic heterocycles. The molecule has 2 aromatic carbocycles. The fourth-order valence-electron chi connectivity index (χ4n) is 2.70. The maximum Gasteiger partial charge on any atom is 0.241 e. The molecule has 0 unspecified atom stereocenters. The molecule has 27 heavy (non-hydrogen) atoms. The zero-order chi connectivity index (χ0) is 20.4. The van der Waals surface area contributed by atoms with E-state index in [4.69, 9.17) is 4.74 Å². The Labute approximate surface area is 161 Å². The molecule has 0 heterocycles. The number of benzene rings is 2. The SMILES string of the molecule is COc1ccc(S(=O)(=O)N[C@@H](C)c2ccc(S(C)(=O)=O)cc2)cc1C(C)C. The largest absolute Gasteiger partial charge is 0.496 e. The van der Waals surface area contributed by atoms with Crippen molar-refractivity contribution in [3.05, 3.63) is 53.6 Å². The molecule has 0 saturated heterocycles. The molecule has 1 atom stereocenters. The van der Waals surface area contributed by atoms with Crippen molar-refractivity contribution in [1.29, 1.82) is 0 Å². The number of nitrogens with one attached hydrogen (secondary N) is 1. The van der Waals surface area contributed by atoms with Gasteiger partial charge in [0.05, 0.1) is 16.9 Å². The van der Waals surface area contributed by atoms with Gasteiger partial charge in [0.25, 0.3) is 0 Å². The third-order valence-corrected chi connectivity index (χ3v) is 6.94. The van der Waals surface area contributed by atoms with Crippen LogP contribution in [0.2, 0.25) is 0 Å². The molecule has 6 nitrogen and oxygen atoms in total. The summed E-state index contributed by atoms with van der Waals surface area (Å²) in [7, 11) is -5.49. The van der Waals surface area contributed by atoms with Gasteiger partial charge in [-0.2, -0.15) is 0 Å². The molecule has 0 aliphatic rings. The number of hydrogen-bond donors (Lipinski definition) is 1. The first-order chi connectivity index (χ1) is 12.5. The summed E-state index contributed by atoms with van der Waals surface area (Å²) < 4.78 is 56.6. The molecule has 0 spiro atoms. The van der Waals surface area contributed by atoms with Crippen LogP contribution in [0.25, 0.3) is 0 Å². The van der Waals surface area contributed by atoms with Crippen molar-refractivity contribution < 1.29 is 21.6 Å². The molecule has 0 radical (unpaired) electrons. The number of sulfonamides is 1. The lowest BCUT2D eigenvalue weighted by atomic mass is 10.0. The summed E-state index contributed by atoms with van der Waals surface area (Å²) in [5.41, 5.74) is 1.48. The van der Waals surface area contributed by atoms with Gasteiger partial charge in [-0.1, -0.05) is 26.0 Å². The Hall–Kier alpha value is -1.90. The first-order valence-corrected chi connectivity index (χ1v) is 11.8. The van der Waals surface area contributed by atoms with Gasteiger partial charge in [-0.3, -0.25) is 0 Å². The lowest BCUT2D eigenvalue weighted by Crippen LogP contribution is -2.27. The van der Waals surface area contributed by atoms with Crippen molar-refractivity contribution in [2.45, 2.75) is 42.5 Å². The van der Waals surface area contributed by atoms with Crippen molar-refractivity contribution in [3.8, 4) is 5.75 Å². The monoisotopic (exact) mass is 411 g/mol. The van der Waals surface area contributed by atoms with E-state index in [1.54, 1.807) is 38.3 Å². The van der Waals surface area contributed by atoms with Crippen molar-refractivity contribution in [2.75, 3.05) is 13.4 Å². The number of rotatable bonds is 7. The van der Waals surface area contributed by atoms with Gasteiger partial charge < -0.3 is 4.74 Å². The third-order valence-electron chi connectivity index (χ3n) is 4.27. The Kier molecular flexibility index (Phi) is 6.34. The normalized spacial score (nSPS) is 13.6. The lowest BCUT2D eigenvalue weighted by molar-refractivity contribution is 0.407. The summed E-state index contributed by atoms with van der Waals surface area (Å²) in [4.78, 5) is 0.352. The summed E-state index contributed by atoms with van der Waals surface area (Å²) in [5, 5.41) is 0. The molecule has 0 fully saturated rings. The minimum Gasteiger partial charge on any atom is -0.496 e. The van der Waals surface area contributed by atoms with Gasteiger partial charge in [0.2, 0.25) is 10.0 Å². The first kappa shape index (κ1) is 21.4. The second-order valence-electron chi connectivity index (χ2n) is 6.74. The standard InChI is InChI=1S/C19H25NO5S2/c1-13(2)18-12-17(10-11-19(18)25-4)27(23,24)20-14(3)15-6-8-16(9-7-15)26(5,21)22/h6-14,20H,1-5H3/t14-/m0/s1. The van der Waals surface area contributed by atoms with Crippen LogP contribution in [-0.4, -0.2) is 30.2 Å². The molecule has 0 aliphatic heterocycles. The van der Waals surface area contributed by atoms with Crippen LogP contribution in [0.1, 0.15) is 43.9 Å². The number of sulfone groups is 1. The Bertz CT molecular complexity index is 1010. The predicted octanol–water partition coefficient (Wildman–Crippen LogP) is 3.26. The van der Waals surface area contributed by atoms with Crippen LogP contribution < -0.4 is 9.46 Å². The van der Waals surface area contributed by atoms with Crippen LogP contribution in [0.15, 0.2) is 52.3 Å². The topological polar surface area (TPSA) is 89.5 Å². The van der Waals surface area contributed by atoms with Crippen molar-refractivity contribution in [3.63, 3.8) is 0 Å². The molecule has 2 rings (SSSR count). The van der Waals surface area contributed by atoms with Gasteiger partial charge in [0, 0.05) is 12.3 Å². The van der Waals surface area contributed by atoms with Crippen molar-refractivity contribution >= 4 is 19.9 Å². The highest BCUT2D eigenvalue weighted by Gasteiger charge is 2.21. The van der Waals surface area contributed by atoms with Gasteiger partial charge >= 0.3 is 0 Å². The molecular formula is C19H25NO5S2. The van der Waals surface area contributed by atoms with Crippen molar-refractivity contribution in [2.24, 2.45) is 0 Å². The summed E-state index contributed by atoms with van der Waals surface area (Å²) in [6.07, 6.45) is 1.13. The van der Waals surface area contributed by atoms with Crippen LogP contribution in [0.3, 0.4) is 0 Å². The molecular weight excluding hydrogens is 386 g/mol. The van der Waals surface area contributed by atoms with Gasteiger partial charge in [-0.15, -0.1) is 0 Å². The highest BCUT2D eigenvalue weighted by atomic mass is 32.2. The summed E-state index contributed by atoms with van der Waals surface area (Å²) in [5.74, 6) is 0.754. The van der Waals surface area contributed by atoms with E-state index >= 15 is 0 Å². The number of methoxy groups -OCH3 is 1. The second kappa shape index (κ2) is 8.00. The minimum absolute atomic E-state index is 0.107. The Morgan fingerprint density at radius 1 is 0.889 bits per heavy atom. The van der Waals surface area contributed by atoms with Crippen LogP contribution in [-0.2, 0) is 19.9 Å². The fourth-order valence-corrected chi connectivity index (χ4v) is 4.60. The first-order valence-electron chi connectivity index (χ1n) is 8.46. The van der Waals surface area contributed by atoms with E-state index in [9.17, 15) is 16.8 Å². The molecule has 2 aromatic rings. The van der Waals surface area contributed by atoms with E-state index in [1.165, 1.54) is 18.2 Å². The van der Waals surface area contributed by atoms with E-state index in [2.05, 4.69) is 4.72 Å².